The van der Waals surface area contributed by atoms with Gasteiger partial charge in [-0.2, -0.15) is 8.42 Å². The maximum absolute atomic E-state index is 12.5. The van der Waals surface area contributed by atoms with Crippen molar-refractivity contribution in [3.05, 3.63) is 52.6 Å². The number of aryl methyl sites for hydroxylation is 1. The molecule has 0 aromatic heterocycles. The predicted octanol–water partition coefficient (Wildman–Crippen LogP) is 4.08. The molecule has 3 aliphatic rings. The second kappa shape index (κ2) is 6.49. The molecule has 28 heavy (non-hydrogen) atoms. The van der Waals surface area contributed by atoms with E-state index in [9.17, 15) is 8.42 Å². The van der Waals surface area contributed by atoms with Gasteiger partial charge in [-0.15, -0.1) is 0 Å². The van der Waals surface area contributed by atoms with Crippen LogP contribution in [-0.4, -0.2) is 28.2 Å². The smallest absolute Gasteiger partial charge is 0.297 e. The van der Waals surface area contributed by atoms with E-state index in [4.69, 9.17) is 13.7 Å². The molecule has 1 aliphatic heterocycles. The van der Waals surface area contributed by atoms with E-state index in [0.29, 0.717) is 18.3 Å². The molecule has 0 saturated heterocycles. The van der Waals surface area contributed by atoms with Crippen molar-refractivity contribution in [1.29, 1.82) is 0 Å². The molecular formula is C22H24O5S. The van der Waals surface area contributed by atoms with E-state index in [0.717, 1.165) is 22.6 Å². The normalized spacial score (nSPS) is 24.7. The average Bonchev–Trinajstić information content (AvgIpc) is 3.40. The van der Waals surface area contributed by atoms with Crippen LogP contribution in [0.5, 0.6) is 11.5 Å². The van der Waals surface area contributed by atoms with Gasteiger partial charge in [0.1, 0.15) is 24.2 Å². The Morgan fingerprint density at radius 3 is 2.54 bits per heavy atom. The second-order valence-corrected chi connectivity index (χ2v) is 9.71. The molecule has 1 saturated carbocycles. The standard InChI is InChI=1S/C22H24O5S/c1-13-3-7-18(8-4-13)28(23,24)26-12-17-10-16-11-19(25-2)20-14-5-6-15(9-14)21(20)22(16)27-17/h3-4,7-8,11,14-15,17H,5-6,9-10,12H2,1-2H3. The molecular weight excluding hydrogens is 376 g/mol. The molecule has 2 aromatic carbocycles. The van der Waals surface area contributed by atoms with Crippen molar-refractivity contribution in [3.8, 4) is 11.5 Å². The lowest BCUT2D eigenvalue weighted by atomic mass is 9.88. The highest BCUT2D eigenvalue weighted by Crippen LogP contribution is 2.60. The zero-order chi connectivity index (χ0) is 19.5. The second-order valence-electron chi connectivity index (χ2n) is 8.10. The van der Waals surface area contributed by atoms with Crippen LogP contribution in [0.25, 0.3) is 0 Å². The van der Waals surface area contributed by atoms with Gasteiger partial charge in [-0.05, 0) is 56.2 Å². The van der Waals surface area contributed by atoms with Crippen LogP contribution < -0.4 is 9.47 Å². The molecule has 1 fully saturated rings. The van der Waals surface area contributed by atoms with Gasteiger partial charge < -0.3 is 9.47 Å². The first-order valence-electron chi connectivity index (χ1n) is 9.82. The van der Waals surface area contributed by atoms with E-state index in [2.05, 4.69) is 6.07 Å². The number of fused-ring (bicyclic) bond motifs is 7. The summed E-state index contributed by atoms with van der Waals surface area (Å²) < 4.78 is 42.1. The zero-order valence-electron chi connectivity index (χ0n) is 16.1. The Kier molecular flexibility index (Phi) is 4.18. The summed E-state index contributed by atoms with van der Waals surface area (Å²) in [7, 11) is -2.07. The van der Waals surface area contributed by atoms with Crippen LogP contribution in [0.15, 0.2) is 35.2 Å². The first-order chi connectivity index (χ1) is 13.5. The molecule has 0 spiro atoms. The van der Waals surface area contributed by atoms with E-state index in [1.807, 2.05) is 6.92 Å². The van der Waals surface area contributed by atoms with Crippen LogP contribution in [0.1, 0.15) is 53.4 Å². The predicted molar refractivity (Wildman–Crippen MR) is 105 cm³/mol. The average molecular weight is 400 g/mol. The minimum Gasteiger partial charge on any atom is -0.496 e. The molecule has 3 unspecified atom stereocenters. The van der Waals surface area contributed by atoms with Crippen molar-refractivity contribution in [2.45, 2.75) is 55.4 Å². The number of rotatable bonds is 5. The summed E-state index contributed by atoms with van der Waals surface area (Å²) in [5, 5.41) is 0. The molecule has 0 N–H and O–H groups in total. The largest absolute Gasteiger partial charge is 0.496 e. The summed E-state index contributed by atoms with van der Waals surface area (Å²) in [6.45, 7) is 1.93. The molecule has 6 heteroatoms. The van der Waals surface area contributed by atoms with Crippen LogP contribution in [0.3, 0.4) is 0 Å². The van der Waals surface area contributed by atoms with Crippen LogP contribution in [-0.2, 0) is 20.7 Å². The third-order valence-electron chi connectivity index (χ3n) is 6.32. The summed E-state index contributed by atoms with van der Waals surface area (Å²) in [6, 6.07) is 8.75. The first-order valence-corrected chi connectivity index (χ1v) is 11.2. The van der Waals surface area contributed by atoms with Gasteiger partial charge in [-0.1, -0.05) is 17.7 Å². The number of benzene rings is 2. The Morgan fingerprint density at radius 2 is 1.82 bits per heavy atom. The van der Waals surface area contributed by atoms with Crippen LogP contribution in [0, 0.1) is 6.92 Å². The van der Waals surface area contributed by atoms with Gasteiger partial charge in [0, 0.05) is 23.1 Å². The van der Waals surface area contributed by atoms with E-state index in [1.54, 1.807) is 31.4 Å². The highest BCUT2D eigenvalue weighted by molar-refractivity contribution is 7.86. The SMILES string of the molecule is COc1cc2c(c3c1C1CCC3C1)OC(COS(=O)(=O)c1ccc(C)cc1)C2. The molecule has 2 bridgehead atoms. The lowest BCUT2D eigenvalue weighted by molar-refractivity contribution is 0.151. The van der Waals surface area contributed by atoms with Crippen LogP contribution in [0.4, 0.5) is 0 Å². The fraction of sp³-hybridized carbons (Fsp3) is 0.455. The van der Waals surface area contributed by atoms with Gasteiger partial charge in [0.05, 0.1) is 12.0 Å². The molecule has 0 radical (unpaired) electrons. The molecule has 148 valence electrons. The lowest BCUT2D eigenvalue weighted by Crippen LogP contribution is -2.23. The summed E-state index contributed by atoms with van der Waals surface area (Å²) in [5.41, 5.74) is 4.72. The van der Waals surface area contributed by atoms with Crippen molar-refractivity contribution < 1.29 is 22.1 Å². The summed E-state index contributed by atoms with van der Waals surface area (Å²) >= 11 is 0. The molecule has 3 atom stereocenters. The summed E-state index contributed by atoms with van der Waals surface area (Å²) in [5.74, 6) is 3.02. The van der Waals surface area contributed by atoms with Gasteiger partial charge in [0.15, 0.2) is 0 Å². The number of ether oxygens (including phenoxy) is 2. The first kappa shape index (κ1) is 18.0. The topological polar surface area (TPSA) is 61.8 Å². The van der Waals surface area contributed by atoms with Gasteiger partial charge >= 0.3 is 0 Å². The summed E-state index contributed by atoms with van der Waals surface area (Å²) in [6.07, 6.45) is 3.93. The zero-order valence-corrected chi connectivity index (χ0v) is 16.9. The molecule has 2 aliphatic carbocycles. The van der Waals surface area contributed by atoms with E-state index < -0.39 is 10.1 Å². The maximum Gasteiger partial charge on any atom is 0.297 e. The van der Waals surface area contributed by atoms with Gasteiger partial charge in [0.25, 0.3) is 10.1 Å². The van der Waals surface area contributed by atoms with Crippen LogP contribution >= 0.6 is 0 Å². The number of methoxy groups -OCH3 is 1. The maximum atomic E-state index is 12.5. The minimum atomic E-state index is -3.79. The van der Waals surface area contributed by atoms with E-state index >= 15 is 0 Å². The van der Waals surface area contributed by atoms with Gasteiger partial charge in [-0.3, -0.25) is 4.18 Å². The molecule has 2 aromatic rings. The van der Waals surface area contributed by atoms with Crippen LogP contribution in [0.2, 0.25) is 0 Å². The molecule has 0 amide bonds. The summed E-state index contributed by atoms with van der Waals surface area (Å²) in [4.78, 5) is 0.175. The van der Waals surface area contributed by atoms with Gasteiger partial charge in [0.2, 0.25) is 0 Å². The Morgan fingerprint density at radius 1 is 1.11 bits per heavy atom. The fourth-order valence-corrected chi connectivity index (χ4v) is 5.94. The Balaban J connectivity index is 1.35. The molecule has 5 nitrogen and oxygen atoms in total. The van der Waals surface area contributed by atoms with Gasteiger partial charge in [-0.25, -0.2) is 0 Å². The highest BCUT2D eigenvalue weighted by atomic mass is 32.2. The van der Waals surface area contributed by atoms with Crippen molar-refractivity contribution in [3.63, 3.8) is 0 Å². The molecule has 5 rings (SSSR count). The Bertz CT molecular complexity index is 1030. The number of hydrogen-bond donors (Lipinski definition) is 0. The van der Waals surface area contributed by atoms with Crippen molar-refractivity contribution >= 4 is 10.1 Å². The number of hydrogen-bond acceptors (Lipinski definition) is 5. The molecule has 1 heterocycles. The third kappa shape index (κ3) is 2.81. The monoisotopic (exact) mass is 400 g/mol. The van der Waals surface area contributed by atoms with E-state index in [1.165, 1.54) is 30.4 Å². The highest BCUT2D eigenvalue weighted by Gasteiger charge is 2.44. The minimum absolute atomic E-state index is 0.00999. The Hall–Kier alpha value is -2.05. The fourth-order valence-electron chi connectivity index (χ4n) is 5.01. The van der Waals surface area contributed by atoms with Crippen molar-refractivity contribution in [1.82, 2.24) is 0 Å². The third-order valence-corrected chi connectivity index (χ3v) is 7.61. The van der Waals surface area contributed by atoms with E-state index in [-0.39, 0.29) is 17.6 Å². The lowest BCUT2D eigenvalue weighted by Gasteiger charge is -2.21. The van der Waals surface area contributed by atoms with Crippen molar-refractivity contribution in [2.75, 3.05) is 13.7 Å². The Labute approximate surface area is 165 Å². The quantitative estimate of drug-likeness (QED) is 0.708. The van der Waals surface area contributed by atoms with Crippen molar-refractivity contribution in [2.24, 2.45) is 0 Å².